The highest BCUT2D eigenvalue weighted by Gasteiger charge is 2.35. The highest BCUT2D eigenvalue weighted by Crippen LogP contribution is 2.39. The molecule has 0 unspecified atom stereocenters. The molecule has 0 atom stereocenters. The smallest absolute Gasteiger partial charge is 0.419 e. The van der Waals surface area contributed by atoms with Gasteiger partial charge in [-0.15, -0.1) is 0 Å². The molecule has 0 saturated carbocycles. The quantitative estimate of drug-likeness (QED) is 0.340. The van der Waals surface area contributed by atoms with E-state index in [1.807, 2.05) is 37.2 Å². The molecule has 188 valence electrons. The highest BCUT2D eigenvalue weighted by molar-refractivity contribution is 5.84. The lowest BCUT2D eigenvalue weighted by Gasteiger charge is -2.14. The van der Waals surface area contributed by atoms with Crippen LogP contribution in [0.5, 0.6) is 5.75 Å². The number of nitriles is 1. The maximum Gasteiger partial charge on any atom is 0.419 e. The summed E-state index contributed by atoms with van der Waals surface area (Å²) in [5.74, 6) is 1.94. The molecular weight excluding hydrogens is 473 g/mol. The summed E-state index contributed by atoms with van der Waals surface area (Å²) in [5, 5.41) is 12.8. The van der Waals surface area contributed by atoms with E-state index < -0.39 is 11.7 Å². The maximum atomic E-state index is 13.6. The lowest BCUT2D eigenvalue weighted by atomic mass is 10.1. The number of hydrogen-bond donors (Lipinski definition) is 2. The number of H-pyrrole nitrogens is 1. The van der Waals surface area contributed by atoms with Crippen molar-refractivity contribution < 1.29 is 22.3 Å². The van der Waals surface area contributed by atoms with Crippen molar-refractivity contribution in [2.45, 2.75) is 32.7 Å². The van der Waals surface area contributed by atoms with Gasteiger partial charge < -0.3 is 24.4 Å². The third-order valence-electron chi connectivity index (χ3n) is 5.29. The normalized spacial score (nSPS) is 11.8. The van der Waals surface area contributed by atoms with Crippen LogP contribution in [0.2, 0.25) is 0 Å². The standard InChI is InChI=1S/C25H25F3N6O2/c1-4-35-22-8-5-15(9-18(22)25(26,27)28)19-10-20-24(21(11-29)31-19)33-23(32-20)13-30-12-16-6-7-17(36-16)14-34(2)3/h5-10,30H,4,12-14H2,1-3H3,(H,32,33). The molecule has 2 N–H and O–H groups in total. The third-order valence-corrected chi connectivity index (χ3v) is 5.29. The summed E-state index contributed by atoms with van der Waals surface area (Å²) < 4.78 is 51.7. The van der Waals surface area contributed by atoms with Crippen LogP contribution in [0.15, 0.2) is 40.8 Å². The van der Waals surface area contributed by atoms with Gasteiger partial charge in [-0.2, -0.15) is 18.4 Å². The van der Waals surface area contributed by atoms with Crippen LogP contribution in [0.25, 0.3) is 22.3 Å². The minimum Gasteiger partial charge on any atom is -0.493 e. The van der Waals surface area contributed by atoms with Crippen molar-refractivity contribution >= 4 is 11.0 Å². The van der Waals surface area contributed by atoms with Crippen LogP contribution in [-0.2, 0) is 25.8 Å². The second-order valence-electron chi connectivity index (χ2n) is 8.40. The summed E-state index contributed by atoms with van der Waals surface area (Å²) in [6.45, 7) is 3.26. The zero-order valence-electron chi connectivity index (χ0n) is 20.0. The summed E-state index contributed by atoms with van der Waals surface area (Å²) >= 11 is 0. The lowest BCUT2D eigenvalue weighted by molar-refractivity contribution is -0.138. The van der Waals surface area contributed by atoms with E-state index >= 15 is 0 Å². The molecular formula is C25H25F3N6O2. The number of fused-ring (bicyclic) bond motifs is 1. The molecule has 0 radical (unpaired) electrons. The molecule has 0 saturated heterocycles. The van der Waals surface area contributed by atoms with E-state index in [2.05, 4.69) is 20.3 Å². The predicted octanol–water partition coefficient (Wildman–Crippen LogP) is 4.86. The van der Waals surface area contributed by atoms with Crippen molar-refractivity contribution in [2.75, 3.05) is 20.7 Å². The summed E-state index contributed by atoms with van der Waals surface area (Å²) in [6.07, 6.45) is -4.60. The minimum atomic E-state index is -4.60. The highest BCUT2D eigenvalue weighted by atomic mass is 19.4. The van der Waals surface area contributed by atoms with E-state index in [0.29, 0.717) is 36.5 Å². The zero-order valence-corrected chi connectivity index (χ0v) is 20.0. The second-order valence-corrected chi connectivity index (χ2v) is 8.40. The van der Waals surface area contributed by atoms with E-state index in [1.165, 1.54) is 12.1 Å². The van der Waals surface area contributed by atoms with Gasteiger partial charge in [-0.3, -0.25) is 0 Å². The van der Waals surface area contributed by atoms with Crippen molar-refractivity contribution in [3.05, 3.63) is 65.0 Å². The second kappa shape index (κ2) is 10.4. The molecule has 0 aliphatic heterocycles. The van der Waals surface area contributed by atoms with Gasteiger partial charge in [0.15, 0.2) is 5.69 Å². The molecule has 0 fully saturated rings. The minimum absolute atomic E-state index is 0.0202. The van der Waals surface area contributed by atoms with Crippen LogP contribution >= 0.6 is 0 Å². The molecule has 4 rings (SSSR count). The van der Waals surface area contributed by atoms with Gasteiger partial charge in [0.1, 0.15) is 34.7 Å². The van der Waals surface area contributed by atoms with Crippen LogP contribution in [0.1, 0.15) is 35.5 Å². The average molecular weight is 499 g/mol. The number of alkyl halides is 3. The van der Waals surface area contributed by atoms with E-state index in [-0.39, 0.29) is 29.3 Å². The van der Waals surface area contributed by atoms with Crippen LogP contribution in [0.4, 0.5) is 13.2 Å². The van der Waals surface area contributed by atoms with Crippen molar-refractivity contribution in [1.82, 2.24) is 25.2 Å². The Hall–Kier alpha value is -3.88. The predicted molar refractivity (Wildman–Crippen MR) is 127 cm³/mol. The van der Waals surface area contributed by atoms with E-state index in [1.54, 1.807) is 13.0 Å². The van der Waals surface area contributed by atoms with Gasteiger partial charge in [-0.25, -0.2) is 9.97 Å². The van der Waals surface area contributed by atoms with Crippen LogP contribution in [0, 0.1) is 11.3 Å². The van der Waals surface area contributed by atoms with E-state index in [9.17, 15) is 18.4 Å². The fourth-order valence-corrected chi connectivity index (χ4v) is 3.78. The van der Waals surface area contributed by atoms with Crippen molar-refractivity contribution in [3.8, 4) is 23.1 Å². The maximum absolute atomic E-state index is 13.6. The number of ether oxygens (including phenoxy) is 1. The Morgan fingerprint density at radius 1 is 1.11 bits per heavy atom. The van der Waals surface area contributed by atoms with Gasteiger partial charge in [0.25, 0.3) is 0 Å². The van der Waals surface area contributed by atoms with E-state index in [4.69, 9.17) is 9.15 Å². The molecule has 8 nitrogen and oxygen atoms in total. The van der Waals surface area contributed by atoms with E-state index in [0.717, 1.165) is 17.6 Å². The Bertz CT molecular complexity index is 1400. The number of furan rings is 1. The summed E-state index contributed by atoms with van der Waals surface area (Å²) in [5.41, 5.74) is 0.410. The lowest BCUT2D eigenvalue weighted by Crippen LogP contribution is -2.13. The van der Waals surface area contributed by atoms with Crippen molar-refractivity contribution in [1.29, 1.82) is 5.26 Å². The number of aromatic nitrogens is 3. The van der Waals surface area contributed by atoms with Crippen LogP contribution in [0.3, 0.4) is 0 Å². The SMILES string of the molecule is CCOc1ccc(-c2cc3[nH]c(CNCc4ccc(CN(C)C)o4)nc3c(C#N)n2)cc1C(F)(F)F. The molecule has 0 bridgehead atoms. The van der Waals surface area contributed by atoms with Gasteiger partial charge in [0.05, 0.1) is 43.0 Å². The summed E-state index contributed by atoms with van der Waals surface area (Å²) in [6, 6.07) is 11.1. The van der Waals surface area contributed by atoms with Crippen LogP contribution < -0.4 is 10.1 Å². The summed E-state index contributed by atoms with van der Waals surface area (Å²) in [7, 11) is 3.92. The number of hydrogen-bond acceptors (Lipinski definition) is 7. The first-order valence-electron chi connectivity index (χ1n) is 11.2. The van der Waals surface area contributed by atoms with Crippen molar-refractivity contribution in [2.24, 2.45) is 0 Å². The number of rotatable bonds is 9. The fourth-order valence-electron chi connectivity index (χ4n) is 3.78. The number of pyridine rings is 1. The van der Waals surface area contributed by atoms with Gasteiger partial charge in [0, 0.05) is 5.56 Å². The summed E-state index contributed by atoms with van der Waals surface area (Å²) in [4.78, 5) is 13.9. The molecule has 36 heavy (non-hydrogen) atoms. The number of halogens is 3. The molecule has 0 amide bonds. The topological polar surface area (TPSA) is 103 Å². The third kappa shape index (κ3) is 5.67. The average Bonchev–Trinajstić information content (AvgIpc) is 3.44. The fraction of sp³-hybridized carbons (Fsp3) is 0.320. The Kier molecular flexibility index (Phi) is 7.28. The largest absolute Gasteiger partial charge is 0.493 e. The Morgan fingerprint density at radius 2 is 1.89 bits per heavy atom. The first-order chi connectivity index (χ1) is 17.2. The number of benzene rings is 1. The van der Waals surface area contributed by atoms with Gasteiger partial charge in [-0.1, -0.05) is 0 Å². The number of aromatic amines is 1. The van der Waals surface area contributed by atoms with Crippen molar-refractivity contribution in [3.63, 3.8) is 0 Å². The zero-order chi connectivity index (χ0) is 25.9. The van der Waals surface area contributed by atoms with Gasteiger partial charge >= 0.3 is 6.18 Å². The molecule has 0 spiro atoms. The number of nitrogens with one attached hydrogen (secondary N) is 2. The molecule has 1 aromatic carbocycles. The Morgan fingerprint density at radius 3 is 2.58 bits per heavy atom. The van der Waals surface area contributed by atoms with Crippen LogP contribution in [-0.4, -0.2) is 40.6 Å². The van der Waals surface area contributed by atoms with Gasteiger partial charge in [-0.05, 0) is 57.4 Å². The molecule has 0 aliphatic carbocycles. The number of nitrogens with zero attached hydrogens (tertiary/aromatic N) is 4. The first-order valence-corrected chi connectivity index (χ1v) is 11.2. The molecule has 11 heteroatoms. The molecule has 3 aromatic heterocycles. The number of imidazole rings is 1. The molecule has 3 heterocycles. The van der Waals surface area contributed by atoms with Gasteiger partial charge in [0.2, 0.25) is 0 Å². The Balaban J connectivity index is 1.56. The Labute approximate surface area is 205 Å². The first kappa shape index (κ1) is 25.2. The molecule has 0 aliphatic rings. The monoisotopic (exact) mass is 498 g/mol. The molecule has 4 aromatic rings.